The Bertz CT molecular complexity index is 197. The number of carbonyl (C=O) groups is 1. The van der Waals surface area contributed by atoms with E-state index in [0.29, 0.717) is 13.0 Å². The fraction of sp³-hybridized carbons (Fsp3) is 0.909. The molecule has 4 heteroatoms. The van der Waals surface area contributed by atoms with Gasteiger partial charge < -0.3 is 15.8 Å². The van der Waals surface area contributed by atoms with Gasteiger partial charge in [0, 0.05) is 13.5 Å². The largest absolute Gasteiger partial charge is 0.379 e. The summed E-state index contributed by atoms with van der Waals surface area (Å²) >= 11 is 0. The Balaban J connectivity index is 2.19. The van der Waals surface area contributed by atoms with E-state index in [1.54, 1.807) is 7.11 Å². The topological polar surface area (TPSA) is 64.3 Å². The van der Waals surface area contributed by atoms with Crippen LogP contribution in [0.3, 0.4) is 0 Å². The number of methoxy groups -OCH3 is 1. The lowest BCUT2D eigenvalue weighted by molar-refractivity contribution is -0.122. The maximum Gasteiger partial charge on any atom is 0.220 e. The number of unbranched alkanes of at least 4 members (excludes halogenated alkanes) is 1. The number of hydrogen-bond donors (Lipinski definition) is 2. The summed E-state index contributed by atoms with van der Waals surface area (Å²) in [6.07, 6.45) is 5.85. The van der Waals surface area contributed by atoms with Crippen LogP contribution >= 0.6 is 0 Å². The van der Waals surface area contributed by atoms with Gasteiger partial charge in [-0.05, 0) is 38.6 Å². The fourth-order valence-corrected chi connectivity index (χ4v) is 2.08. The lowest BCUT2D eigenvalue weighted by Gasteiger charge is -2.19. The molecule has 0 aromatic heterocycles. The van der Waals surface area contributed by atoms with Crippen molar-refractivity contribution in [1.82, 2.24) is 5.32 Å². The summed E-state index contributed by atoms with van der Waals surface area (Å²) in [5.41, 5.74) is 5.37. The van der Waals surface area contributed by atoms with Crippen LogP contribution in [0.2, 0.25) is 0 Å². The molecule has 0 aromatic carbocycles. The molecular weight excluding hydrogens is 192 g/mol. The van der Waals surface area contributed by atoms with Gasteiger partial charge in [0.05, 0.1) is 12.1 Å². The van der Waals surface area contributed by atoms with Crippen LogP contribution in [-0.2, 0) is 9.53 Å². The second-order valence-electron chi connectivity index (χ2n) is 4.12. The van der Waals surface area contributed by atoms with Crippen molar-refractivity contribution in [2.45, 2.75) is 50.7 Å². The Hall–Kier alpha value is -0.610. The summed E-state index contributed by atoms with van der Waals surface area (Å²) in [6.45, 7) is 0.664. The van der Waals surface area contributed by atoms with Gasteiger partial charge in [-0.1, -0.05) is 0 Å². The number of hydrogen-bond acceptors (Lipinski definition) is 3. The zero-order valence-electron chi connectivity index (χ0n) is 9.50. The molecule has 0 saturated heterocycles. The minimum absolute atomic E-state index is 0.136. The molecule has 0 radical (unpaired) electrons. The molecule has 0 aromatic rings. The van der Waals surface area contributed by atoms with Crippen LogP contribution in [0.4, 0.5) is 0 Å². The molecule has 1 rings (SSSR count). The van der Waals surface area contributed by atoms with Crippen molar-refractivity contribution in [2.24, 2.45) is 5.73 Å². The van der Waals surface area contributed by atoms with E-state index in [4.69, 9.17) is 10.5 Å². The highest BCUT2D eigenvalue weighted by molar-refractivity contribution is 5.76. The Morgan fingerprint density at radius 1 is 1.47 bits per heavy atom. The van der Waals surface area contributed by atoms with Gasteiger partial charge >= 0.3 is 0 Å². The second-order valence-corrected chi connectivity index (χ2v) is 4.12. The minimum Gasteiger partial charge on any atom is -0.379 e. The maximum absolute atomic E-state index is 11.5. The lowest BCUT2D eigenvalue weighted by Crippen LogP contribution is -2.40. The van der Waals surface area contributed by atoms with Gasteiger partial charge in [0.2, 0.25) is 5.91 Å². The highest BCUT2D eigenvalue weighted by Gasteiger charge is 2.27. The third kappa shape index (κ3) is 4.18. The van der Waals surface area contributed by atoms with Crippen LogP contribution in [-0.4, -0.2) is 31.7 Å². The van der Waals surface area contributed by atoms with Crippen LogP contribution in [0, 0.1) is 0 Å². The van der Waals surface area contributed by atoms with Gasteiger partial charge in [0.15, 0.2) is 0 Å². The van der Waals surface area contributed by atoms with Gasteiger partial charge in [0.1, 0.15) is 0 Å². The Morgan fingerprint density at radius 3 is 2.93 bits per heavy atom. The van der Waals surface area contributed by atoms with Crippen molar-refractivity contribution in [3.8, 4) is 0 Å². The van der Waals surface area contributed by atoms with Crippen LogP contribution in [0.1, 0.15) is 38.5 Å². The van der Waals surface area contributed by atoms with Gasteiger partial charge in [-0.2, -0.15) is 0 Å². The van der Waals surface area contributed by atoms with Crippen LogP contribution in [0.25, 0.3) is 0 Å². The van der Waals surface area contributed by atoms with E-state index in [1.165, 1.54) is 0 Å². The van der Waals surface area contributed by atoms with Crippen LogP contribution in [0.5, 0.6) is 0 Å². The molecule has 3 N–H and O–H groups in total. The molecule has 0 aliphatic heterocycles. The normalized spacial score (nSPS) is 25.5. The molecule has 0 spiro atoms. The Kier molecular flexibility index (Phi) is 5.65. The standard InChI is InChI=1S/C11H22N2O2/c1-15-10-6-4-5-9(10)13-11(14)7-2-3-8-12/h9-10H,2-8,12H2,1H3,(H,13,14). The molecule has 1 aliphatic rings. The summed E-state index contributed by atoms with van der Waals surface area (Å²) in [4.78, 5) is 11.5. The number of amides is 1. The van der Waals surface area contributed by atoms with Crippen LogP contribution in [0.15, 0.2) is 0 Å². The first-order chi connectivity index (χ1) is 7.27. The Morgan fingerprint density at radius 2 is 2.27 bits per heavy atom. The molecule has 15 heavy (non-hydrogen) atoms. The van der Waals surface area contributed by atoms with Crippen LogP contribution < -0.4 is 11.1 Å². The zero-order valence-corrected chi connectivity index (χ0v) is 9.50. The number of rotatable bonds is 6. The fourth-order valence-electron chi connectivity index (χ4n) is 2.08. The van der Waals surface area contributed by atoms with Crippen molar-refractivity contribution in [3.63, 3.8) is 0 Å². The second kappa shape index (κ2) is 6.80. The van der Waals surface area contributed by atoms with Crippen molar-refractivity contribution in [2.75, 3.05) is 13.7 Å². The van der Waals surface area contributed by atoms with Crippen molar-refractivity contribution >= 4 is 5.91 Å². The first-order valence-corrected chi connectivity index (χ1v) is 5.80. The summed E-state index contributed by atoms with van der Waals surface area (Å²) in [7, 11) is 1.71. The molecule has 1 fully saturated rings. The van der Waals surface area contributed by atoms with E-state index >= 15 is 0 Å². The molecule has 2 atom stereocenters. The average Bonchev–Trinajstić information content (AvgIpc) is 2.65. The predicted molar refractivity (Wildman–Crippen MR) is 59.5 cm³/mol. The Labute approximate surface area is 91.5 Å². The third-order valence-electron chi connectivity index (χ3n) is 2.96. The van der Waals surface area contributed by atoms with Crippen molar-refractivity contribution in [3.05, 3.63) is 0 Å². The average molecular weight is 214 g/mol. The van der Waals surface area contributed by atoms with Gasteiger partial charge in [-0.25, -0.2) is 0 Å². The quantitative estimate of drug-likeness (QED) is 0.643. The van der Waals surface area contributed by atoms with E-state index in [-0.39, 0.29) is 18.1 Å². The van der Waals surface area contributed by atoms with Crippen molar-refractivity contribution < 1.29 is 9.53 Å². The summed E-state index contributed by atoms with van der Waals surface area (Å²) in [6, 6.07) is 0.223. The SMILES string of the molecule is COC1CCCC1NC(=O)CCCCN. The lowest BCUT2D eigenvalue weighted by atomic mass is 10.2. The van der Waals surface area contributed by atoms with E-state index in [0.717, 1.165) is 32.1 Å². The first kappa shape index (κ1) is 12.5. The molecule has 88 valence electrons. The van der Waals surface area contributed by atoms with Gasteiger partial charge in [0.25, 0.3) is 0 Å². The summed E-state index contributed by atoms with van der Waals surface area (Å²) < 4.78 is 5.32. The molecule has 0 heterocycles. The molecule has 1 amide bonds. The molecule has 0 bridgehead atoms. The van der Waals surface area contributed by atoms with Gasteiger partial charge in [-0.3, -0.25) is 4.79 Å². The van der Waals surface area contributed by atoms with Crippen molar-refractivity contribution in [1.29, 1.82) is 0 Å². The maximum atomic E-state index is 11.5. The molecule has 1 saturated carbocycles. The highest BCUT2D eigenvalue weighted by atomic mass is 16.5. The number of ether oxygens (including phenoxy) is 1. The molecule has 1 aliphatic carbocycles. The van der Waals surface area contributed by atoms with E-state index in [9.17, 15) is 4.79 Å². The van der Waals surface area contributed by atoms with E-state index in [2.05, 4.69) is 5.32 Å². The number of carbonyl (C=O) groups excluding carboxylic acids is 1. The molecule has 2 unspecified atom stereocenters. The van der Waals surface area contributed by atoms with E-state index in [1.807, 2.05) is 0 Å². The monoisotopic (exact) mass is 214 g/mol. The molecule has 4 nitrogen and oxygen atoms in total. The zero-order chi connectivity index (χ0) is 11.1. The first-order valence-electron chi connectivity index (χ1n) is 5.80. The molecular formula is C11H22N2O2. The number of nitrogens with one attached hydrogen (secondary N) is 1. The third-order valence-corrected chi connectivity index (χ3v) is 2.96. The summed E-state index contributed by atoms with van der Waals surface area (Å²) in [5, 5.41) is 3.03. The van der Waals surface area contributed by atoms with E-state index < -0.39 is 0 Å². The summed E-state index contributed by atoms with van der Waals surface area (Å²) in [5.74, 6) is 0.136. The number of nitrogens with two attached hydrogens (primary N) is 1. The predicted octanol–water partition coefficient (Wildman–Crippen LogP) is 0.799. The highest BCUT2D eigenvalue weighted by Crippen LogP contribution is 2.21. The van der Waals surface area contributed by atoms with Gasteiger partial charge in [-0.15, -0.1) is 0 Å². The minimum atomic E-state index is 0.136. The smallest absolute Gasteiger partial charge is 0.220 e.